The third kappa shape index (κ3) is 2.13. The summed E-state index contributed by atoms with van der Waals surface area (Å²) >= 11 is 5.89. The molecule has 2 rings (SSSR count). The van der Waals surface area contributed by atoms with E-state index in [1.54, 1.807) is 0 Å². The summed E-state index contributed by atoms with van der Waals surface area (Å²) < 4.78 is 0. The van der Waals surface area contributed by atoms with E-state index in [0.29, 0.717) is 5.02 Å². The summed E-state index contributed by atoms with van der Waals surface area (Å²) in [6.07, 6.45) is 2.48. The van der Waals surface area contributed by atoms with Gasteiger partial charge in [0, 0.05) is 5.02 Å². The zero-order valence-corrected chi connectivity index (χ0v) is 11.4. The summed E-state index contributed by atoms with van der Waals surface area (Å²) in [4.78, 5) is 13.6. The molecule has 1 saturated carbocycles. The highest BCUT2D eigenvalue weighted by atomic mass is 35.5. The van der Waals surface area contributed by atoms with Crippen molar-refractivity contribution in [1.82, 2.24) is 4.90 Å². The minimum absolute atomic E-state index is 0.0963. The first kappa shape index (κ1) is 13.4. The number of hydrogen-bond acceptors (Lipinski definition) is 2. The summed E-state index contributed by atoms with van der Waals surface area (Å²) in [5.41, 5.74) is 0.378. The predicted octanol–water partition coefficient (Wildman–Crippen LogP) is 3.20. The fourth-order valence-electron chi connectivity index (χ4n) is 2.92. The molecule has 1 atom stereocenters. The van der Waals surface area contributed by atoms with Crippen LogP contribution < -0.4 is 0 Å². The molecule has 0 aromatic heterocycles. The van der Waals surface area contributed by atoms with Crippen molar-refractivity contribution >= 4 is 17.6 Å². The Morgan fingerprint density at radius 1 is 1.33 bits per heavy atom. The molecule has 3 nitrogen and oxygen atoms in total. The van der Waals surface area contributed by atoms with Crippen molar-refractivity contribution in [1.29, 1.82) is 0 Å². The highest BCUT2D eigenvalue weighted by Gasteiger charge is 2.52. The van der Waals surface area contributed by atoms with Gasteiger partial charge in [-0.05, 0) is 44.6 Å². The topological polar surface area (TPSA) is 40.5 Å². The Bertz CT molecular complexity index is 438. The van der Waals surface area contributed by atoms with Gasteiger partial charge < -0.3 is 10.0 Å². The van der Waals surface area contributed by atoms with Gasteiger partial charge in [-0.2, -0.15) is 0 Å². The van der Waals surface area contributed by atoms with Crippen molar-refractivity contribution in [2.45, 2.75) is 25.3 Å². The smallest absolute Gasteiger partial charge is 0.311 e. The van der Waals surface area contributed by atoms with Gasteiger partial charge in [-0.1, -0.05) is 30.2 Å². The van der Waals surface area contributed by atoms with Crippen LogP contribution in [0.2, 0.25) is 5.02 Å². The number of nitrogens with zero attached hydrogens (tertiary/aromatic N) is 1. The van der Waals surface area contributed by atoms with Gasteiger partial charge >= 0.3 is 5.97 Å². The van der Waals surface area contributed by atoms with E-state index >= 15 is 0 Å². The first-order valence-corrected chi connectivity index (χ1v) is 6.50. The number of halogens is 1. The van der Waals surface area contributed by atoms with E-state index in [9.17, 15) is 9.90 Å². The zero-order valence-electron chi connectivity index (χ0n) is 10.7. The first-order valence-electron chi connectivity index (χ1n) is 6.13. The van der Waals surface area contributed by atoms with E-state index < -0.39 is 11.4 Å². The molecule has 4 heteroatoms. The Hall–Kier alpha value is -1.06. The molecule has 0 radical (unpaired) electrons. The third-order valence-corrected chi connectivity index (χ3v) is 4.15. The molecule has 0 saturated heterocycles. The van der Waals surface area contributed by atoms with Crippen molar-refractivity contribution in [2.24, 2.45) is 5.41 Å². The summed E-state index contributed by atoms with van der Waals surface area (Å²) in [6, 6.07) is 7.40. The number of benzene rings is 1. The van der Waals surface area contributed by atoms with Crippen LogP contribution in [0.4, 0.5) is 0 Å². The lowest BCUT2D eigenvalue weighted by atomic mass is 9.62. The lowest BCUT2D eigenvalue weighted by Crippen LogP contribution is -2.48. The number of aliphatic carboxylic acids is 1. The number of carbonyl (C=O) groups is 1. The van der Waals surface area contributed by atoms with Gasteiger partial charge in [-0.15, -0.1) is 0 Å². The molecular weight excluding hydrogens is 250 g/mol. The minimum Gasteiger partial charge on any atom is -0.481 e. The van der Waals surface area contributed by atoms with Gasteiger partial charge in [-0.25, -0.2) is 0 Å². The lowest BCUT2D eigenvalue weighted by molar-refractivity contribution is -0.161. The fraction of sp³-hybridized carbons (Fsp3) is 0.500. The van der Waals surface area contributed by atoms with Gasteiger partial charge in [0.25, 0.3) is 0 Å². The average Bonchev–Trinajstić information content (AvgIpc) is 2.23. The second kappa shape index (κ2) is 4.90. The standard InChI is InChI=1S/C14H18ClNO2/c1-16(2)12(10-4-6-11(15)7-5-10)14(13(17)18)8-3-9-14/h4-7,12H,3,8-9H2,1-2H3,(H,17,18). The van der Waals surface area contributed by atoms with E-state index in [1.807, 2.05) is 43.3 Å². The molecule has 0 heterocycles. The molecule has 1 N–H and O–H groups in total. The number of hydrogen-bond donors (Lipinski definition) is 1. The molecule has 0 bridgehead atoms. The van der Waals surface area contributed by atoms with Crippen LogP contribution in [-0.4, -0.2) is 30.1 Å². The number of carboxylic acid groups (broad SMARTS) is 1. The highest BCUT2D eigenvalue weighted by Crippen LogP contribution is 2.52. The summed E-state index contributed by atoms with van der Waals surface area (Å²) in [5.74, 6) is -0.692. The van der Waals surface area contributed by atoms with Gasteiger partial charge in [0.1, 0.15) is 0 Å². The Balaban J connectivity index is 2.39. The monoisotopic (exact) mass is 267 g/mol. The molecule has 0 aliphatic heterocycles. The molecule has 0 amide bonds. The lowest BCUT2D eigenvalue weighted by Gasteiger charge is -2.47. The molecule has 1 aliphatic rings. The maximum absolute atomic E-state index is 11.6. The fourth-order valence-corrected chi connectivity index (χ4v) is 3.04. The third-order valence-electron chi connectivity index (χ3n) is 3.90. The summed E-state index contributed by atoms with van der Waals surface area (Å²) in [7, 11) is 3.87. The SMILES string of the molecule is CN(C)C(c1ccc(Cl)cc1)C1(C(=O)O)CCC1. The Kier molecular flexibility index (Phi) is 3.64. The molecule has 1 unspecified atom stereocenters. The molecule has 1 aromatic carbocycles. The number of rotatable bonds is 4. The largest absolute Gasteiger partial charge is 0.481 e. The summed E-state index contributed by atoms with van der Waals surface area (Å²) in [6.45, 7) is 0. The van der Waals surface area contributed by atoms with Crippen molar-refractivity contribution in [3.8, 4) is 0 Å². The van der Waals surface area contributed by atoms with Crippen molar-refractivity contribution in [3.63, 3.8) is 0 Å². The molecule has 1 aliphatic carbocycles. The van der Waals surface area contributed by atoms with Gasteiger partial charge in [0.2, 0.25) is 0 Å². The van der Waals surface area contributed by atoms with E-state index in [2.05, 4.69) is 0 Å². The quantitative estimate of drug-likeness (QED) is 0.911. The molecule has 0 spiro atoms. The van der Waals surface area contributed by atoms with Gasteiger partial charge in [0.15, 0.2) is 0 Å². The zero-order chi connectivity index (χ0) is 13.3. The normalized spacial score (nSPS) is 19.3. The maximum atomic E-state index is 11.6. The Morgan fingerprint density at radius 2 is 1.89 bits per heavy atom. The van der Waals surface area contributed by atoms with Gasteiger partial charge in [-0.3, -0.25) is 4.79 Å². The van der Waals surface area contributed by atoms with Crippen LogP contribution >= 0.6 is 11.6 Å². The summed E-state index contributed by atoms with van der Waals surface area (Å²) in [5, 5.41) is 10.2. The average molecular weight is 268 g/mol. The molecule has 1 aromatic rings. The predicted molar refractivity (Wildman–Crippen MR) is 71.8 cm³/mol. The first-order chi connectivity index (χ1) is 8.47. The highest BCUT2D eigenvalue weighted by molar-refractivity contribution is 6.30. The van der Waals surface area contributed by atoms with Crippen LogP contribution in [-0.2, 0) is 4.79 Å². The Morgan fingerprint density at radius 3 is 2.22 bits per heavy atom. The van der Waals surface area contributed by atoms with Crippen LogP contribution in [0.5, 0.6) is 0 Å². The molecular formula is C14H18ClNO2. The molecule has 18 heavy (non-hydrogen) atoms. The van der Waals surface area contributed by atoms with Crippen molar-refractivity contribution in [2.75, 3.05) is 14.1 Å². The second-order valence-corrected chi connectivity index (χ2v) is 5.67. The second-order valence-electron chi connectivity index (χ2n) is 5.23. The maximum Gasteiger partial charge on any atom is 0.311 e. The van der Waals surface area contributed by atoms with E-state index in [1.165, 1.54) is 0 Å². The Labute approximate surface area is 112 Å². The van der Waals surface area contributed by atoms with Crippen molar-refractivity contribution < 1.29 is 9.90 Å². The van der Waals surface area contributed by atoms with Crippen molar-refractivity contribution in [3.05, 3.63) is 34.9 Å². The van der Waals surface area contributed by atoms with E-state index in [-0.39, 0.29) is 6.04 Å². The minimum atomic E-state index is -0.692. The van der Waals surface area contributed by atoms with E-state index in [4.69, 9.17) is 11.6 Å². The van der Waals surface area contributed by atoms with Crippen LogP contribution in [0.15, 0.2) is 24.3 Å². The van der Waals surface area contributed by atoms with Gasteiger partial charge in [0.05, 0.1) is 11.5 Å². The molecule has 1 fully saturated rings. The van der Waals surface area contributed by atoms with Crippen LogP contribution in [0, 0.1) is 5.41 Å². The molecule has 98 valence electrons. The van der Waals surface area contributed by atoms with E-state index in [0.717, 1.165) is 24.8 Å². The van der Waals surface area contributed by atoms with Crippen LogP contribution in [0.25, 0.3) is 0 Å². The van der Waals surface area contributed by atoms with Crippen LogP contribution in [0.3, 0.4) is 0 Å². The number of carboxylic acids is 1. The van der Waals surface area contributed by atoms with Crippen LogP contribution in [0.1, 0.15) is 30.9 Å².